The lowest BCUT2D eigenvalue weighted by Gasteiger charge is -2.36. The molecular weight excluding hydrogens is 302 g/mol. The smallest absolute Gasteiger partial charge is 0.227 e. The first-order chi connectivity index (χ1) is 11.8. The van der Waals surface area contributed by atoms with Crippen LogP contribution in [0.25, 0.3) is 0 Å². The molecule has 0 spiro atoms. The molecule has 24 heavy (non-hydrogen) atoms. The van der Waals surface area contributed by atoms with E-state index in [-0.39, 0.29) is 0 Å². The molecule has 0 aromatic carbocycles. The molecule has 2 aliphatic heterocycles. The van der Waals surface area contributed by atoms with Gasteiger partial charge in [-0.2, -0.15) is 4.98 Å². The van der Waals surface area contributed by atoms with Crippen molar-refractivity contribution in [2.75, 3.05) is 54.0 Å². The van der Waals surface area contributed by atoms with E-state index in [0.29, 0.717) is 0 Å². The maximum absolute atomic E-state index is 4.79. The molecule has 2 aromatic rings. The third kappa shape index (κ3) is 3.11. The highest BCUT2D eigenvalue weighted by Crippen LogP contribution is 2.21. The standard InChI is InChI=1S/C17H23N7/c1-14-18-6-4-15(20-14)22-10-12-23(13-11-22)16-5-7-19-17(21-16)24-8-2-3-9-24/h4-7H,2-3,8-13H2,1H3. The fourth-order valence-electron chi connectivity index (χ4n) is 3.37. The SMILES string of the molecule is Cc1nccc(N2CCN(c3ccnc(N4CCCC4)n3)CC2)n1. The molecule has 0 radical (unpaired) electrons. The van der Waals surface area contributed by atoms with Crippen LogP contribution in [0.5, 0.6) is 0 Å². The molecule has 2 aromatic heterocycles. The van der Waals surface area contributed by atoms with Crippen LogP contribution >= 0.6 is 0 Å². The number of anilines is 3. The van der Waals surface area contributed by atoms with Gasteiger partial charge in [0, 0.05) is 51.7 Å². The van der Waals surface area contributed by atoms with Gasteiger partial charge < -0.3 is 14.7 Å². The Morgan fingerprint density at radius 2 is 1.29 bits per heavy atom. The zero-order valence-corrected chi connectivity index (χ0v) is 14.1. The molecule has 4 rings (SSSR count). The summed E-state index contributed by atoms with van der Waals surface area (Å²) in [6, 6.07) is 4.00. The minimum Gasteiger partial charge on any atom is -0.353 e. The largest absolute Gasteiger partial charge is 0.353 e. The molecule has 0 unspecified atom stereocenters. The second kappa shape index (κ2) is 6.59. The Labute approximate surface area is 142 Å². The molecule has 2 fully saturated rings. The van der Waals surface area contributed by atoms with Crippen LogP contribution in [0.1, 0.15) is 18.7 Å². The summed E-state index contributed by atoms with van der Waals surface area (Å²) in [5.74, 6) is 3.74. The van der Waals surface area contributed by atoms with E-state index in [1.54, 1.807) is 0 Å². The minimum absolute atomic E-state index is 0.820. The molecular formula is C17H23N7. The first-order valence-electron chi connectivity index (χ1n) is 8.67. The van der Waals surface area contributed by atoms with E-state index in [4.69, 9.17) is 4.98 Å². The van der Waals surface area contributed by atoms with E-state index in [1.807, 2.05) is 31.5 Å². The molecule has 4 heterocycles. The lowest BCUT2D eigenvalue weighted by molar-refractivity contribution is 0.639. The van der Waals surface area contributed by atoms with Crippen LogP contribution in [0.15, 0.2) is 24.5 Å². The van der Waals surface area contributed by atoms with E-state index in [9.17, 15) is 0 Å². The average molecular weight is 325 g/mol. The normalized spacial score (nSPS) is 18.3. The molecule has 0 atom stereocenters. The molecule has 7 nitrogen and oxygen atoms in total. The maximum Gasteiger partial charge on any atom is 0.227 e. The molecule has 126 valence electrons. The number of nitrogens with zero attached hydrogens (tertiary/aromatic N) is 7. The van der Waals surface area contributed by atoms with E-state index in [0.717, 1.165) is 62.7 Å². The van der Waals surface area contributed by atoms with Gasteiger partial charge in [-0.3, -0.25) is 0 Å². The summed E-state index contributed by atoms with van der Waals surface area (Å²) in [5.41, 5.74) is 0. The number of rotatable bonds is 3. The molecule has 0 saturated carbocycles. The van der Waals surface area contributed by atoms with Gasteiger partial charge in [-0.1, -0.05) is 0 Å². The predicted molar refractivity (Wildman–Crippen MR) is 94.7 cm³/mol. The van der Waals surface area contributed by atoms with Crippen molar-refractivity contribution in [1.29, 1.82) is 0 Å². The van der Waals surface area contributed by atoms with Gasteiger partial charge in [-0.05, 0) is 31.9 Å². The average Bonchev–Trinajstić information content (AvgIpc) is 3.17. The Kier molecular flexibility index (Phi) is 4.15. The fraction of sp³-hybridized carbons (Fsp3) is 0.529. The quantitative estimate of drug-likeness (QED) is 0.847. The van der Waals surface area contributed by atoms with Gasteiger partial charge in [0.1, 0.15) is 17.5 Å². The molecule has 0 amide bonds. The van der Waals surface area contributed by atoms with Crippen molar-refractivity contribution >= 4 is 17.6 Å². The third-order valence-electron chi connectivity index (χ3n) is 4.71. The zero-order chi connectivity index (χ0) is 16.4. The van der Waals surface area contributed by atoms with Gasteiger partial charge in [0.2, 0.25) is 5.95 Å². The van der Waals surface area contributed by atoms with Gasteiger partial charge in [0.25, 0.3) is 0 Å². The molecule has 7 heteroatoms. The van der Waals surface area contributed by atoms with E-state index in [1.165, 1.54) is 12.8 Å². The van der Waals surface area contributed by atoms with Crippen molar-refractivity contribution in [1.82, 2.24) is 19.9 Å². The van der Waals surface area contributed by atoms with Crippen LogP contribution in [0.4, 0.5) is 17.6 Å². The second-order valence-electron chi connectivity index (χ2n) is 6.35. The zero-order valence-electron chi connectivity index (χ0n) is 14.1. The minimum atomic E-state index is 0.820. The summed E-state index contributed by atoms with van der Waals surface area (Å²) in [6.07, 6.45) is 6.20. The van der Waals surface area contributed by atoms with Crippen molar-refractivity contribution in [3.63, 3.8) is 0 Å². The monoisotopic (exact) mass is 325 g/mol. The number of hydrogen-bond acceptors (Lipinski definition) is 7. The molecule has 0 bridgehead atoms. The number of aryl methyl sites for hydroxylation is 1. The second-order valence-corrected chi connectivity index (χ2v) is 6.35. The Hall–Kier alpha value is -2.44. The first-order valence-corrected chi connectivity index (χ1v) is 8.67. The lowest BCUT2D eigenvalue weighted by Crippen LogP contribution is -2.47. The highest BCUT2D eigenvalue weighted by molar-refractivity contribution is 5.47. The first kappa shape index (κ1) is 15.1. The Balaban J connectivity index is 1.43. The van der Waals surface area contributed by atoms with Gasteiger partial charge in [-0.15, -0.1) is 0 Å². The lowest BCUT2D eigenvalue weighted by atomic mass is 10.3. The molecule has 0 aliphatic carbocycles. The fourth-order valence-corrected chi connectivity index (χ4v) is 3.37. The van der Waals surface area contributed by atoms with Crippen molar-refractivity contribution < 1.29 is 0 Å². The van der Waals surface area contributed by atoms with Gasteiger partial charge in [-0.25, -0.2) is 15.0 Å². The highest BCUT2D eigenvalue weighted by atomic mass is 15.3. The van der Waals surface area contributed by atoms with E-state index >= 15 is 0 Å². The Morgan fingerprint density at radius 1 is 0.708 bits per heavy atom. The summed E-state index contributed by atoms with van der Waals surface area (Å²) >= 11 is 0. The van der Waals surface area contributed by atoms with Gasteiger partial charge >= 0.3 is 0 Å². The summed E-state index contributed by atoms with van der Waals surface area (Å²) < 4.78 is 0. The summed E-state index contributed by atoms with van der Waals surface area (Å²) in [5, 5.41) is 0. The van der Waals surface area contributed by atoms with Crippen molar-refractivity contribution in [3.8, 4) is 0 Å². The van der Waals surface area contributed by atoms with Crippen LogP contribution in [-0.4, -0.2) is 59.2 Å². The third-order valence-corrected chi connectivity index (χ3v) is 4.71. The molecule has 0 N–H and O–H groups in total. The number of hydrogen-bond donors (Lipinski definition) is 0. The van der Waals surface area contributed by atoms with Crippen molar-refractivity contribution in [2.45, 2.75) is 19.8 Å². The van der Waals surface area contributed by atoms with E-state index < -0.39 is 0 Å². The number of aromatic nitrogens is 4. The van der Waals surface area contributed by atoms with Crippen LogP contribution < -0.4 is 14.7 Å². The van der Waals surface area contributed by atoms with Crippen molar-refractivity contribution in [2.24, 2.45) is 0 Å². The highest BCUT2D eigenvalue weighted by Gasteiger charge is 2.21. The Bertz CT molecular complexity index is 691. The van der Waals surface area contributed by atoms with Crippen LogP contribution in [0, 0.1) is 6.92 Å². The van der Waals surface area contributed by atoms with E-state index in [2.05, 4.69) is 29.7 Å². The predicted octanol–water partition coefficient (Wildman–Crippen LogP) is 1.50. The van der Waals surface area contributed by atoms with Gasteiger partial charge in [0.05, 0.1) is 0 Å². The summed E-state index contributed by atoms with van der Waals surface area (Å²) in [7, 11) is 0. The molecule has 2 saturated heterocycles. The molecule has 2 aliphatic rings. The maximum atomic E-state index is 4.79. The number of piperazine rings is 1. The van der Waals surface area contributed by atoms with Crippen LogP contribution in [-0.2, 0) is 0 Å². The topological polar surface area (TPSA) is 61.3 Å². The van der Waals surface area contributed by atoms with Gasteiger partial charge in [0.15, 0.2) is 0 Å². The van der Waals surface area contributed by atoms with Crippen LogP contribution in [0.3, 0.4) is 0 Å². The Morgan fingerprint density at radius 3 is 1.92 bits per heavy atom. The van der Waals surface area contributed by atoms with Crippen molar-refractivity contribution in [3.05, 3.63) is 30.4 Å². The summed E-state index contributed by atoms with van der Waals surface area (Å²) in [4.78, 5) is 24.9. The summed E-state index contributed by atoms with van der Waals surface area (Å²) in [6.45, 7) is 7.85. The van der Waals surface area contributed by atoms with Crippen LogP contribution in [0.2, 0.25) is 0 Å².